The fourth-order valence-electron chi connectivity index (χ4n) is 2.27. The first kappa shape index (κ1) is 18.3. The Hall–Kier alpha value is -2.51. The number of alkyl halides is 3. The zero-order valence-electron chi connectivity index (χ0n) is 12.7. The molecule has 0 saturated carbocycles. The van der Waals surface area contributed by atoms with Crippen LogP contribution in [0.1, 0.15) is 15.9 Å². The second kappa shape index (κ2) is 6.66. The van der Waals surface area contributed by atoms with Crippen molar-refractivity contribution in [2.75, 3.05) is 5.32 Å². The summed E-state index contributed by atoms with van der Waals surface area (Å²) < 4.78 is 43.7. The minimum absolute atomic E-state index is 0.0707. The predicted molar refractivity (Wildman–Crippen MR) is 91.5 cm³/mol. The average Bonchev–Trinajstić information content (AvgIpc) is 2.55. The van der Waals surface area contributed by atoms with Gasteiger partial charge in [0.25, 0.3) is 5.91 Å². The van der Waals surface area contributed by atoms with Crippen molar-refractivity contribution in [3.05, 3.63) is 69.2 Å². The van der Waals surface area contributed by atoms with Gasteiger partial charge in [-0.2, -0.15) is 13.2 Å². The molecule has 4 nitrogen and oxygen atoms in total. The SMILES string of the molecule is N=c1oc2ccc(Cl)cc2cc1C(=O)Nc1cc(C(F)(F)F)ccc1Cl. The Morgan fingerprint density at radius 2 is 1.81 bits per heavy atom. The molecule has 0 aliphatic rings. The van der Waals surface area contributed by atoms with E-state index in [0.717, 1.165) is 18.2 Å². The van der Waals surface area contributed by atoms with E-state index in [4.69, 9.17) is 33.0 Å². The molecule has 26 heavy (non-hydrogen) atoms. The number of hydrogen-bond acceptors (Lipinski definition) is 3. The third-order valence-corrected chi connectivity index (χ3v) is 4.08. The Kier molecular flexibility index (Phi) is 4.68. The molecule has 0 unspecified atom stereocenters. The van der Waals surface area contributed by atoms with Crippen LogP contribution >= 0.6 is 23.2 Å². The summed E-state index contributed by atoms with van der Waals surface area (Å²) in [6, 6.07) is 8.57. The molecule has 9 heteroatoms. The summed E-state index contributed by atoms with van der Waals surface area (Å²) in [7, 11) is 0. The van der Waals surface area contributed by atoms with Crippen LogP contribution in [0.3, 0.4) is 0 Å². The number of nitrogens with one attached hydrogen (secondary N) is 2. The molecule has 0 aliphatic heterocycles. The van der Waals surface area contributed by atoms with Crippen molar-refractivity contribution < 1.29 is 22.4 Å². The number of anilines is 1. The first-order chi connectivity index (χ1) is 12.1. The van der Waals surface area contributed by atoms with Crippen LogP contribution in [0.15, 0.2) is 46.9 Å². The van der Waals surface area contributed by atoms with Crippen molar-refractivity contribution in [1.29, 1.82) is 5.41 Å². The van der Waals surface area contributed by atoms with E-state index >= 15 is 0 Å². The van der Waals surface area contributed by atoms with Gasteiger partial charge in [0.2, 0.25) is 5.55 Å². The van der Waals surface area contributed by atoms with Gasteiger partial charge >= 0.3 is 6.18 Å². The molecule has 2 aromatic carbocycles. The molecule has 1 heterocycles. The van der Waals surface area contributed by atoms with Gasteiger partial charge in [-0.25, -0.2) is 0 Å². The highest BCUT2D eigenvalue weighted by molar-refractivity contribution is 6.34. The van der Waals surface area contributed by atoms with Gasteiger partial charge in [-0.1, -0.05) is 23.2 Å². The lowest BCUT2D eigenvalue weighted by molar-refractivity contribution is -0.137. The van der Waals surface area contributed by atoms with Crippen molar-refractivity contribution in [2.45, 2.75) is 6.18 Å². The molecule has 1 amide bonds. The highest BCUT2D eigenvalue weighted by Gasteiger charge is 2.31. The standard InChI is InChI=1S/C17H9Cl2F3N2O2/c18-10-2-4-14-8(5-10)6-11(15(23)26-14)16(25)24-13-7-9(17(20,21)22)1-3-12(13)19/h1-7,23H,(H,24,25). The average molecular weight is 401 g/mol. The van der Waals surface area contributed by atoms with Gasteiger partial charge in [-0.15, -0.1) is 0 Å². The van der Waals surface area contributed by atoms with Gasteiger partial charge in [0.05, 0.1) is 16.3 Å². The predicted octanol–water partition coefficient (Wildman–Crippen LogP) is 5.49. The van der Waals surface area contributed by atoms with Gasteiger partial charge in [0, 0.05) is 10.4 Å². The summed E-state index contributed by atoms with van der Waals surface area (Å²) in [5.74, 6) is -0.832. The first-order valence-electron chi connectivity index (χ1n) is 7.11. The molecule has 0 bridgehead atoms. The Morgan fingerprint density at radius 3 is 2.50 bits per heavy atom. The van der Waals surface area contributed by atoms with E-state index in [0.29, 0.717) is 16.0 Å². The second-order valence-corrected chi connectivity index (χ2v) is 6.16. The molecule has 0 radical (unpaired) electrons. The largest absolute Gasteiger partial charge is 0.438 e. The van der Waals surface area contributed by atoms with Crippen LogP contribution in [0.2, 0.25) is 10.0 Å². The number of hydrogen-bond donors (Lipinski definition) is 2. The number of carbonyl (C=O) groups excluding carboxylic acids is 1. The fourth-order valence-corrected chi connectivity index (χ4v) is 2.61. The van der Waals surface area contributed by atoms with Crippen molar-refractivity contribution in [3.63, 3.8) is 0 Å². The molecule has 3 rings (SSSR count). The van der Waals surface area contributed by atoms with Gasteiger partial charge in [-0.3, -0.25) is 10.2 Å². The van der Waals surface area contributed by atoms with Crippen LogP contribution in [0.25, 0.3) is 11.0 Å². The van der Waals surface area contributed by atoms with Crippen LogP contribution in [0.4, 0.5) is 18.9 Å². The molecule has 0 saturated heterocycles. The number of rotatable bonds is 2. The monoisotopic (exact) mass is 400 g/mol. The molecule has 2 N–H and O–H groups in total. The van der Waals surface area contributed by atoms with Gasteiger partial charge in [0.1, 0.15) is 11.1 Å². The van der Waals surface area contributed by atoms with E-state index < -0.39 is 23.2 Å². The highest BCUT2D eigenvalue weighted by Crippen LogP contribution is 2.34. The van der Waals surface area contributed by atoms with Crippen LogP contribution in [0.5, 0.6) is 0 Å². The fraction of sp³-hybridized carbons (Fsp3) is 0.0588. The minimum Gasteiger partial charge on any atom is -0.438 e. The normalized spacial score (nSPS) is 11.6. The van der Waals surface area contributed by atoms with Crippen LogP contribution in [-0.4, -0.2) is 5.91 Å². The van der Waals surface area contributed by atoms with Crippen LogP contribution in [-0.2, 0) is 6.18 Å². The van der Waals surface area contributed by atoms with Crippen molar-refractivity contribution in [1.82, 2.24) is 0 Å². The highest BCUT2D eigenvalue weighted by atomic mass is 35.5. The van der Waals surface area contributed by atoms with E-state index in [-0.39, 0.29) is 16.3 Å². The van der Waals surface area contributed by atoms with Crippen LogP contribution in [0, 0.1) is 5.41 Å². The van der Waals surface area contributed by atoms with Crippen molar-refractivity contribution in [2.24, 2.45) is 0 Å². The Bertz CT molecular complexity index is 1080. The molecule has 0 aliphatic carbocycles. The Balaban J connectivity index is 1.99. The molecule has 1 aromatic heterocycles. The number of fused-ring (bicyclic) bond motifs is 1. The molecule has 3 aromatic rings. The lowest BCUT2D eigenvalue weighted by atomic mass is 10.1. The molecular formula is C17H9Cl2F3N2O2. The Morgan fingerprint density at radius 1 is 1.08 bits per heavy atom. The third-order valence-electron chi connectivity index (χ3n) is 3.51. The smallest absolute Gasteiger partial charge is 0.416 e. The van der Waals surface area contributed by atoms with E-state index in [1.54, 1.807) is 12.1 Å². The summed E-state index contributed by atoms with van der Waals surface area (Å²) in [6.07, 6.45) is -4.58. The maximum Gasteiger partial charge on any atom is 0.416 e. The molecule has 134 valence electrons. The maximum atomic E-state index is 12.8. The number of halogens is 5. The summed E-state index contributed by atoms with van der Waals surface area (Å²) in [4.78, 5) is 12.4. The zero-order valence-corrected chi connectivity index (χ0v) is 14.3. The van der Waals surface area contributed by atoms with E-state index in [1.165, 1.54) is 12.1 Å². The molecule has 0 fully saturated rings. The minimum atomic E-state index is -4.58. The van der Waals surface area contributed by atoms with Gasteiger partial charge < -0.3 is 9.73 Å². The molecule has 0 spiro atoms. The number of benzene rings is 2. The lowest BCUT2D eigenvalue weighted by Gasteiger charge is -2.12. The summed E-state index contributed by atoms with van der Waals surface area (Å²) in [5, 5.41) is 10.9. The van der Waals surface area contributed by atoms with E-state index in [1.807, 2.05) is 0 Å². The number of amides is 1. The topological polar surface area (TPSA) is 66.1 Å². The molecular weight excluding hydrogens is 392 g/mol. The zero-order chi connectivity index (χ0) is 19.1. The van der Waals surface area contributed by atoms with Gasteiger partial charge in [-0.05, 0) is 42.5 Å². The summed E-state index contributed by atoms with van der Waals surface area (Å²) in [5.41, 5.74) is -1.46. The quantitative estimate of drug-likeness (QED) is 0.597. The lowest BCUT2D eigenvalue weighted by Crippen LogP contribution is -2.21. The van der Waals surface area contributed by atoms with Crippen molar-refractivity contribution in [3.8, 4) is 0 Å². The molecule has 0 atom stereocenters. The van der Waals surface area contributed by atoms with Gasteiger partial charge in [0.15, 0.2) is 0 Å². The summed E-state index contributed by atoms with van der Waals surface area (Å²) in [6.45, 7) is 0. The third kappa shape index (κ3) is 3.68. The second-order valence-electron chi connectivity index (χ2n) is 5.32. The van der Waals surface area contributed by atoms with E-state index in [2.05, 4.69) is 5.32 Å². The Labute approximate surface area is 154 Å². The van der Waals surface area contributed by atoms with Crippen molar-refractivity contribution >= 4 is 45.8 Å². The summed E-state index contributed by atoms with van der Waals surface area (Å²) >= 11 is 11.8. The maximum absolute atomic E-state index is 12.8. The van der Waals surface area contributed by atoms with E-state index in [9.17, 15) is 18.0 Å². The number of carbonyl (C=O) groups is 1. The van der Waals surface area contributed by atoms with Crippen LogP contribution < -0.4 is 10.9 Å². The first-order valence-corrected chi connectivity index (χ1v) is 7.87.